The van der Waals surface area contributed by atoms with Crippen LogP contribution in [0.4, 0.5) is 17.2 Å². The number of nitrogens with zero attached hydrogens (tertiary/aromatic N) is 4. The van der Waals surface area contributed by atoms with Crippen LogP contribution in [0.15, 0.2) is 42.7 Å². The first-order chi connectivity index (χ1) is 22.9. The fourth-order valence-electron chi connectivity index (χ4n) is 6.60. The van der Waals surface area contributed by atoms with Gasteiger partial charge in [-0.2, -0.15) is 0 Å². The Kier molecular flexibility index (Phi) is 11.3. The Morgan fingerprint density at radius 1 is 1.04 bits per heavy atom. The van der Waals surface area contributed by atoms with Crippen LogP contribution in [-0.4, -0.2) is 99.1 Å². The summed E-state index contributed by atoms with van der Waals surface area (Å²) in [7, 11) is 3.72. The molecule has 0 aliphatic carbocycles. The Morgan fingerprint density at radius 2 is 1.77 bits per heavy atom. The van der Waals surface area contributed by atoms with Crippen molar-refractivity contribution in [3.63, 3.8) is 0 Å². The molecule has 0 saturated carbocycles. The van der Waals surface area contributed by atoms with Gasteiger partial charge in [-0.15, -0.1) is 0 Å². The number of ether oxygens (including phenoxy) is 1. The molecule has 5 rings (SSSR count). The number of carbonyl (C=O) groups is 3. The molecule has 3 heterocycles. The van der Waals surface area contributed by atoms with Crippen molar-refractivity contribution in [3.05, 3.63) is 48.3 Å². The number of aromatic nitrogens is 2. The number of fused-ring (bicyclic) bond motifs is 1. The van der Waals surface area contributed by atoms with Crippen molar-refractivity contribution in [2.24, 2.45) is 5.41 Å². The van der Waals surface area contributed by atoms with E-state index in [0.29, 0.717) is 48.1 Å². The van der Waals surface area contributed by atoms with Crippen molar-refractivity contribution in [3.8, 4) is 5.75 Å². The van der Waals surface area contributed by atoms with Crippen molar-refractivity contribution in [2.45, 2.75) is 81.8 Å². The van der Waals surface area contributed by atoms with E-state index in [1.54, 1.807) is 18.1 Å². The summed E-state index contributed by atoms with van der Waals surface area (Å²) in [5, 5.41) is 10.2. The summed E-state index contributed by atoms with van der Waals surface area (Å²) in [6.45, 7) is 10.4. The number of likely N-dealkylation sites (N-methyl/N-ethyl adjacent to an activating group) is 1. The number of likely N-dealkylation sites (tertiary alicyclic amines) is 2. The number of rotatable bonds is 10. The van der Waals surface area contributed by atoms with Crippen LogP contribution in [0.2, 0.25) is 10.4 Å². The third kappa shape index (κ3) is 8.12. The summed E-state index contributed by atoms with van der Waals surface area (Å²) >= 11 is -0.447. The van der Waals surface area contributed by atoms with Gasteiger partial charge in [-0.1, -0.05) is 12.1 Å². The molecule has 0 bridgehead atoms. The first-order valence-corrected chi connectivity index (χ1v) is 20.2. The van der Waals surface area contributed by atoms with Crippen LogP contribution in [-0.2, 0) is 14.4 Å². The Bertz CT molecular complexity index is 1630. The fraction of sp³-hybridized carbons (Fsp3) is 0.528. The average molecular weight is 720 g/mol. The predicted molar refractivity (Wildman–Crippen MR) is 192 cm³/mol. The third-order valence-corrected chi connectivity index (χ3v) is 11.9. The standard InChI is InChI=1S/C36H50AsN7O4/c1-22(37-5)33(45)42-31(36(2,3)4)35(47)44-17-9-11-29(44)34(46)41-28-18-26-27(19-30(28)48-7)38-21-39-32(26)40-25-14-12-23(13-15-25)24-10-8-16-43(6)20-24/h12-15,18-19,21-22,24,29,31,37H,8-11,16-17,20H2,1-7H3,(H,41,46)(H,42,45)(H,38,39,40)/t22?,24?,29-,31?/m0/s1. The van der Waals surface area contributed by atoms with Gasteiger partial charge in [0.15, 0.2) is 0 Å². The molecule has 2 aromatic carbocycles. The molecular weight excluding hydrogens is 669 g/mol. The summed E-state index contributed by atoms with van der Waals surface area (Å²) in [6, 6.07) is 10.7. The van der Waals surface area contributed by atoms with Gasteiger partial charge in [-0.25, -0.2) is 9.97 Å². The number of nitrogens with one attached hydrogen (secondary N) is 3. The van der Waals surface area contributed by atoms with Gasteiger partial charge in [0.05, 0.1) is 12.6 Å². The van der Waals surface area contributed by atoms with E-state index in [9.17, 15) is 14.4 Å². The molecule has 1 aromatic heterocycles. The maximum absolute atomic E-state index is 13.9. The van der Waals surface area contributed by atoms with Crippen LogP contribution in [0.1, 0.15) is 64.9 Å². The SMILES string of the molecule is COc1cc2ncnc(Nc3ccc(C4CCCN(C)C4)cc3)c2cc1NC(=O)[C@@H]1CCCN1C(=O)C(NC(=O)C(C)[AsH]C)C(C)(C)C. The zero-order chi connectivity index (χ0) is 34.6. The molecule has 2 fully saturated rings. The van der Waals surface area contributed by atoms with Crippen molar-refractivity contribution in [2.75, 3.05) is 44.4 Å². The van der Waals surface area contributed by atoms with Crippen LogP contribution < -0.4 is 20.7 Å². The first kappa shape index (κ1) is 35.6. The zero-order valence-corrected chi connectivity index (χ0v) is 31.3. The molecule has 2 saturated heterocycles. The van der Waals surface area contributed by atoms with Gasteiger partial charge in [0, 0.05) is 12.2 Å². The van der Waals surface area contributed by atoms with Gasteiger partial charge in [0.1, 0.15) is 12.1 Å². The molecule has 3 amide bonds. The van der Waals surface area contributed by atoms with Gasteiger partial charge in [-0.05, 0) is 50.0 Å². The number of piperidine rings is 1. The van der Waals surface area contributed by atoms with Gasteiger partial charge in [-0.3, -0.25) is 0 Å². The quantitative estimate of drug-likeness (QED) is 0.252. The molecule has 2 aliphatic rings. The van der Waals surface area contributed by atoms with E-state index in [1.807, 2.05) is 33.8 Å². The van der Waals surface area contributed by atoms with Crippen molar-refractivity contribution in [1.82, 2.24) is 25.1 Å². The number of benzene rings is 2. The molecule has 4 unspecified atom stereocenters. The molecule has 3 N–H and O–H groups in total. The first-order valence-electron chi connectivity index (χ1n) is 16.9. The summed E-state index contributed by atoms with van der Waals surface area (Å²) in [6.07, 6.45) is 5.13. The molecule has 258 valence electrons. The van der Waals surface area contributed by atoms with Gasteiger partial charge >= 0.3 is 172 Å². The minimum atomic E-state index is -0.738. The molecule has 2 aliphatic heterocycles. The molecule has 0 spiro atoms. The van der Waals surface area contributed by atoms with Crippen LogP contribution in [0.25, 0.3) is 10.9 Å². The van der Waals surface area contributed by atoms with Gasteiger partial charge in [0.25, 0.3) is 0 Å². The summed E-state index contributed by atoms with van der Waals surface area (Å²) in [4.78, 5) is 53.6. The minimum absolute atomic E-state index is 0.0905. The van der Waals surface area contributed by atoms with Crippen LogP contribution in [0, 0.1) is 5.41 Å². The summed E-state index contributed by atoms with van der Waals surface area (Å²) in [5.41, 5.74) is 4.91. The second-order valence-electron chi connectivity index (χ2n) is 14.1. The Morgan fingerprint density at radius 3 is 2.44 bits per heavy atom. The van der Waals surface area contributed by atoms with E-state index < -0.39 is 33.3 Å². The normalized spacial score (nSPS) is 20.1. The maximum atomic E-state index is 13.9. The molecule has 12 heteroatoms. The van der Waals surface area contributed by atoms with Crippen LogP contribution in [0.5, 0.6) is 5.75 Å². The second kappa shape index (κ2) is 15.2. The monoisotopic (exact) mass is 719 g/mol. The molecule has 48 heavy (non-hydrogen) atoms. The Labute approximate surface area is 290 Å². The van der Waals surface area contributed by atoms with E-state index in [0.717, 1.165) is 24.2 Å². The fourth-order valence-corrected chi connectivity index (χ4v) is 7.32. The van der Waals surface area contributed by atoms with Crippen molar-refractivity contribution in [1.29, 1.82) is 0 Å². The second-order valence-corrected chi connectivity index (χ2v) is 17.2. The average Bonchev–Trinajstić information content (AvgIpc) is 3.57. The number of methoxy groups -OCH3 is 1. The Balaban J connectivity index is 1.35. The van der Waals surface area contributed by atoms with E-state index in [4.69, 9.17) is 4.74 Å². The molecule has 3 aromatic rings. The van der Waals surface area contributed by atoms with Crippen molar-refractivity contribution < 1.29 is 19.1 Å². The van der Waals surface area contributed by atoms with Gasteiger partial charge in [0.2, 0.25) is 0 Å². The molecule has 11 nitrogen and oxygen atoms in total. The number of hydrogen-bond acceptors (Lipinski definition) is 8. The number of anilines is 3. The number of carbonyl (C=O) groups excluding carboxylic acids is 3. The summed E-state index contributed by atoms with van der Waals surface area (Å²) < 4.78 is 5.57. The van der Waals surface area contributed by atoms with Crippen LogP contribution >= 0.6 is 0 Å². The molecular formula is C36H50AsN7O4. The van der Waals surface area contributed by atoms with E-state index >= 15 is 0 Å². The zero-order valence-electron chi connectivity index (χ0n) is 29.2. The van der Waals surface area contributed by atoms with E-state index in [-0.39, 0.29) is 22.4 Å². The van der Waals surface area contributed by atoms with E-state index in [2.05, 4.69) is 67.8 Å². The third-order valence-electron chi connectivity index (χ3n) is 9.55. The molecule has 5 atom stereocenters. The van der Waals surface area contributed by atoms with Gasteiger partial charge < -0.3 is 10.2 Å². The van der Waals surface area contributed by atoms with E-state index in [1.165, 1.54) is 24.7 Å². The summed E-state index contributed by atoms with van der Waals surface area (Å²) in [5.74, 6) is 0.951. The van der Waals surface area contributed by atoms with Crippen LogP contribution in [0.3, 0.4) is 0 Å². The van der Waals surface area contributed by atoms with Crippen molar-refractivity contribution >= 4 is 61.6 Å². The number of hydrogen-bond donors (Lipinski definition) is 3. The Hall–Kier alpha value is -3.69. The molecule has 0 radical (unpaired) electrons. The number of amides is 3. The predicted octanol–water partition coefficient (Wildman–Crippen LogP) is 4.94. The topological polar surface area (TPSA) is 129 Å².